The minimum atomic E-state index is -3.14. The summed E-state index contributed by atoms with van der Waals surface area (Å²) in [5.74, 6) is 1.01. The van der Waals surface area contributed by atoms with Gasteiger partial charge in [0.25, 0.3) is 0 Å². The lowest BCUT2D eigenvalue weighted by atomic mass is 10.1. The van der Waals surface area contributed by atoms with Gasteiger partial charge in [0.2, 0.25) is 0 Å². The molecule has 0 amide bonds. The van der Waals surface area contributed by atoms with E-state index in [1.807, 2.05) is 23.7 Å². The molecule has 0 bridgehead atoms. The molecule has 20 heavy (non-hydrogen) atoms. The van der Waals surface area contributed by atoms with E-state index in [9.17, 15) is 8.42 Å². The van der Waals surface area contributed by atoms with Gasteiger partial charge in [-0.3, -0.25) is 0 Å². The zero-order valence-electron chi connectivity index (χ0n) is 11.2. The van der Waals surface area contributed by atoms with Crippen LogP contribution in [0.1, 0.15) is 17.4 Å². The summed E-state index contributed by atoms with van der Waals surface area (Å²) in [5, 5.41) is 11.1. The number of aromatic nitrogens is 3. The number of sulfone groups is 1. The highest BCUT2D eigenvalue weighted by Gasteiger charge is 2.33. The van der Waals surface area contributed by atoms with Crippen LogP contribution in [0.4, 0.5) is 0 Å². The molecular weight excluding hydrogens is 276 g/mol. The monoisotopic (exact) mass is 292 g/mol. The molecule has 106 valence electrons. The fourth-order valence-corrected chi connectivity index (χ4v) is 4.28. The molecule has 0 saturated carbocycles. The highest BCUT2D eigenvalue weighted by Crippen LogP contribution is 2.32. The van der Waals surface area contributed by atoms with Crippen LogP contribution in [0.3, 0.4) is 0 Å². The van der Waals surface area contributed by atoms with Crippen LogP contribution in [0.5, 0.6) is 0 Å². The second kappa shape index (κ2) is 4.99. The first kappa shape index (κ1) is 13.3. The smallest absolute Gasteiger partial charge is 0.180 e. The fraction of sp³-hybridized carbons (Fsp3) is 0.385. The molecule has 1 aliphatic rings. The molecule has 0 saturated heterocycles. The third kappa shape index (κ3) is 2.34. The van der Waals surface area contributed by atoms with E-state index in [-0.39, 0.29) is 11.8 Å². The van der Waals surface area contributed by atoms with E-state index >= 15 is 0 Å². The number of fused-ring (bicyclic) bond motifs is 1. The number of nitrogens with one attached hydrogen (secondary N) is 1. The Morgan fingerprint density at radius 1 is 1.40 bits per heavy atom. The summed E-state index contributed by atoms with van der Waals surface area (Å²) in [6.45, 7) is 0.668. The molecule has 0 fully saturated rings. The Bertz CT molecular complexity index is 723. The van der Waals surface area contributed by atoms with E-state index in [1.165, 1.54) is 0 Å². The maximum atomic E-state index is 12.0. The van der Waals surface area contributed by atoms with Crippen molar-refractivity contribution in [1.82, 2.24) is 20.1 Å². The van der Waals surface area contributed by atoms with E-state index in [0.29, 0.717) is 11.4 Å². The average Bonchev–Trinajstić information content (AvgIpc) is 2.93. The lowest BCUT2D eigenvalue weighted by Crippen LogP contribution is -2.25. The molecule has 1 unspecified atom stereocenters. The molecule has 2 aromatic rings. The minimum Gasteiger partial charge on any atom is -0.321 e. The van der Waals surface area contributed by atoms with Gasteiger partial charge in [-0.15, -0.1) is 10.2 Å². The summed E-state index contributed by atoms with van der Waals surface area (Å²) in [6.07, 6.45) is 2.37. The second-order valence-corrected chi connectivity index (χ2v) is 6.94. The molecule has 1 N–H and O–H groups in total. The van der Waals surface area contributed by atoms with Crippen LogP contribution in [-0.4, -0.2) is 35.5 Å². The molecule has 0 aliphatic carbocycles. The molecule has 0 spiro atoms. The highest BCUT2D eigenvalue weighted by molar-refractivity contribution is 7.91. The Kier molecular flexibility index (Phi) is 3.31. The number of aryl methyl sites for hydroxylation is 1. The van der Waals surface area contributed by atoms with Crippen molar-refractivity contribution in [3.63, 3.8) is 0 Å². The van der Waals surface area contributed by atoms with Crippen LogP contribution >= 0.6 is 0 Å². The molecule has 1 aromatic carbocycles. The number of benzene rings is 1. The van der Waals surface area contributed by atoms with Gasteiger partial charge in [-0.25, -0.2) is 8.42 Å². The SMILES string of the molecule is Cn1cnnc1CCNC1CS(=O)(=O)c2ccccc21. The predicted molar refractivity (Wildman–Crippen MR) is 73.9 cm³/mol. The third-order valence-corrected chi connectivity index (χ3v) is 5.37. The zero-order chi connectivity index (χ0) is 14.2. The quantitative estimate of drug-likeness (QED) is 0.886. The van der Waals surface area contributed by atoms with Gasteiger partial charge in [-0.2, -0.15) is 0 Å². The Morgan fingerprint density at radius 3 is 2.95 bits per heavy atom. The Morgan fingerprint density at radius 2 is 2.20 bits per heavy atom. The Balaban J connectivity index is 1.69. The number of rotatable bonds is 4. The van der Waals surface area contributed by atoms with E-state index < -0.39 is 9.84 Å². The van der Waals surface area contributed by atoms with Gasteiger partial charge in [0, 0.05) is 26.1 Å². The van der Waals surface area contributed by atoms with Crippen molar-refractivity contribution >= 4 is 9.84 Å². The molecule has 7 heteroatoms. The van der Waals surface area contributed by atoms with E-state index in [0.717, 1.165) is 17.8 Å². The van der Waals surface area contributed by atoms with E-state index in [4.69, 9.17) is 0 Å². The van der Waals surface area contributed by atoms with Crippen molar-refractivity contribution in [3.05, 3.63) is 42.0 Å². The average molecular weight is 292 g/mol. The van der Waals surface area contributed by atoms with Gasteiger partial charge < -0.3 is 9.88 Å². The summed E-state index contributed by atoms with van der Waals surface area (Å²) >= 11 is 0. The van der Waals surface area contributed by atoms with Gasteiger partial charge >= 0.3 is 0 Å². The maximum absolute atomic E-state index is 12.0. The van der Waals surface area contributed by atoms with Crippen molar-refractivity contribution < 1.29 is 8.42 Å². The first-order chi connectivity index (χ1) is 9.58. The van der Waals surface area contributed by atoms with Crippen LogP contribution in [-0.2, 0) is 23.3 Å². The number of nitrogens with zero attached hydrogens (tertiary/aromatic N) is 3. The first-order valence-corrected chi connectivity index (χ1v) is 8.11. The van der Waals surface area contributed by atoms with Gasteiger partial charge in [0.05, 0.1) is 10.6 Å². The predicted octanol–water partition coefficient (Wildman–Crippen LogP) is 0.476. The van der Waals surface area contributed by atoms with Crippen molar-refractivity contribution in [2.75, 3.05) is 12.3 Å². The Labute approximate surface area is 117 Å². The molecule has 1 aliphatic heterocycles. The Hall–Kier alpha value is -1.73. The van der Waals surface area contributed by atoms with E-state index in [1.54, 1.807) is 18.5 Å². The topological polar surface area (TPSA) is 76.9 Å². The molecule has 0 radical (unpaired) electrons. The molecule has 6 nitrogen and oxygen atoms in total. The standard InChI is InChI=1S/C13H16N4O2S/c1-17-9-15-16-13(17)6-7-14-11-8-20(18,19)12-5-3-2-4-10(11)12/h2-5,9,11,14H,6-8H2,1H3. The third-order valence-electron chi connectivity index (χ3n) is 3.56. The summed E-state index contributed by atoms with van der Waals surface area (Å²) in [4.78, 5) is 0.455. The molecule has 1 atom stereocenters. The molecular formula is C13H16N4O2S. The van der Waals surface area contributed by atoms with Gasteiger partial charge in [-0.05, 0) is 11.6 Å². The minimum absolute atomic E-state index is 0.130. The van der Waals surface area contributed by atoms with Gasteiger partial charge in [0.1, 0.15) is 12.2 Å². The summed E-state index contributed by atoms with van der Waals surface area (Å²) in [5.41, 5.74) is 0.866. The van der Waals surface area contributed by atoms with Crippen molar-refractivity contribution in [2.45, 2.75) is 17.4 Å². The van der Waals surface area contributed by atoms with E-state index in [2.05, 4.69) is 15.5 Å². The van der Waals surface area contributed by atoms with Crippen LogP contribution in [0.25, 0.3) is 0 Å². The van der Waals surface area contributed by atoms with Crippen LogP contribution < -0.4 is 5.32 Å². The van der Waals surface area contributed by atoms with Gasteiger partial charge in [0.15, 0.2) is 9.84 Å². The zero-order valence-corrected chi connectivity index (χ0v) is 12.0. The number of hydrogen-bond acceptors (Lipinski definition) is 5. The van der Waals surface area contributed by atoms with Crippen molar-refractivity contribution in [1.29, 1.82) is 0 Å². The normalized spacial score (nSPS) is 19.9. The summed E-state index contributed by atoms with van der Waals surface area (Å²) in [7, 11) is -1.25. The fourth-order valence-electron chi connectivity index (χ4n) is 2.51. The van der Waals surface area contributed by atoms with Crippen molar-refractivity contribution in [2.24, 2.45) is 7.05 Å². The summed E-state index contributed by atoms with van der Waals surface area (Å²) in [6, 6.07) is 7.05. The lowest BCUT2D eigenvalue weighted by molar-refractivity contribution is 0.560. The second-order valence-electron chi connectivity index (χ2n) is 4.93. The highest BCUT2D eigenvalue weighted by atomic mass is 32.2. The summed E-state index contributed by atoms with van der Waals surface area (Å²) < 4.78 is 25.9. The first-order valence-electron chi connectivity index (χ1n) is 6.46. The van der Waals surface area contributed by atoms with Crippen molar-refractivity contribution in [3.8, 4) is 0 Å². The molecule has 1 aromatic heterocycles. The number of hydrogen-bond donors (Lipinski definition) is 1. The molecule has 3 rings (SSSR count). The van der Waals surface area contributed by atoms with Crippen LogP contribution in [0.2, 0.25) is 0 Å². The van der Waals surface area contributed by atoms with Gasteiger partial charge in [-0.1, -0.05) is 18.2 Å². The lowest BCUT2D eigenvalue weighted by Gasteiger charge is -2.12. The maximum Gasteiger partial charge on any atom is 0.180 e. The van der Waals surface area contributed by atoms with Crippen LogP contribution in [0, 0.1) is 0 Å². The molecule has 2 heterocycles. The van der Waals surface area contributed by atoms with Crippen LogP contribution in [0.15, 0.2) is 35.5 Å². The largest absolute Gasteiger partial charge is 0.321 e.